The second kappa shape index (κ2) is 4.39. The van der Waals surface area contributed by atoms with Crippen molar-refractivity contribution in [3.8, 4) is 0 Å². The first-order chi connectivity index (χ1) is 7.75. The van der Waals surface area contributed by atoms with E-state index >= 15 is 0 Å². The lowest BCUT2D eigenvalue weighted by Gasteiger charge is -1.93. The van der Waals surface area contributed by atoms with E-state index in [4.69, 9.17) is 0 Å². The molecule has 0 aliphatic carbocycles. The van der Waals surface area contributed by atoms with Gasteiger partial charge in [-0.15, -0.1) is 0 Å². The third-order valence-corrected chi connectivity index (χ3v) is 2.04. The largest absolute Gasteiger partial charge is 0.360 e. The minimum atomic E-state index is -0.432. The first-order valence-corrected chi connectivity index (χ1v) is 4.67. The summed E-state index contributed by atoms with van der Waals surface area (Å²) in [5, 5.41) is 10.4. The van der Waals surface area contributed by atoms with Gasteiger partial charge in [-0.2, -0.15) is 0 Å². The van der Waals surface area contributed by atoms with Gasteiger partial charge in [0, 0.05) is 18.3 Å². The molecule has 5 nitrogen and oxygen atoms in total. The van der Waals surface area contributed by atoms with Gasteiger partial charge in [0.15, 0.2) is 0 Å². The highest BCUT2D eigenvalue weighted by molar-refractivity contribution is 5.79. The van der Waals surface area contributed by atoms with Crippen LogP contribution in [0.5, 0.6) is 0 Å². The minimum Gasteiger partial charge on any atom is -0.360 e. The number of nitrogens with zero attached hydrogens (tertiary/aromatic N) is 2. The Labute approximate surface area is 91.6 Å². The molecular formula is C11H9N3O2. The molecule has 0 radical (unpaired) electrons. The van der Waals surface area contributed by atoms with Gasteiger partial charge in [-0.1, -0.05) is 0 Å². The summed E-state index contributed by atoms with van der Waals surface area (Å²) < 4.78 is 0. The van der Waals surface area contributed by atoms with Crippen LogP contribution in [-0.4, -0.2) is 16.1 Å². The lowest BCUT2D eigenvalue weighted by molar-refractivity contribution is -0.384. The van der Waals surface area contributed by atoms with E-state index < -0.39 is 4.92 Å². The maximum Gasteiger partial charge on any atom is 0.269 e. The summed E-state index contributed by atoms with van der Waals surface area (Å²) in [5.41, 5.74) is 1.64. The molecule has 1 N–H and O–H groups in total. The first-order valence-electron chi connectivity index (χ1n) is 4.67. The molecule has 2 rings (SSSR count). The number of nitrogens with one attached hydrogen (secondary N) is 1. The summed E-state index contributed by atoms with van der Waals surface area (Å²) in [6, 6.07) is 9.84. The summed E-state index contributed by atoms with van der Waals surface area (Å²) in [6.07, 6.45) is 3.47. The molecule has 16 heavy (non-hydrogen) atoms. The molecular weight excluding hydrogens is 206 g/mol. The van der Waals surface area contributed by atoms with Gasteiger partial charge in [-0.25, -0.2) is 0 Å². The van der Waals surface area contributed by atoms with Crippen molar-refractivity contribution >= 4 is 17.6 Å². The Morgan fingerprint density at radius 3 is 2.56 bits per heavy atom. The minimum absolute atomic E-state index is 0.0684. The van der Waals surface area contributed by atoms with Crippen molar-refractivity contribution in [1.82, 2.24) is 4.98 Å². The molecule has 0 saturated carbocycles. The van der Waals surface area contributed by atoms with Crippen LogP contribution >= 0.6 is 0 Å². The number of rotatable bonds is 3. The maximum atomic E-state index is 10.4. The van der Waals surface area contributed by atoms with Crippen LogP contribution in [0.3, 0.4) is 0 Å². The Kier molecular flexibility index (Phi) is 2.77. The summed E-state index contributed by atoms with van der Waals surface area (Å²) in [5.74, 6) is 0. The number of aliphatic imine (C=N–C) groups is 1. The second-order valence-corrected chi connectivity index (χ2v) is 3.16. The molecule has 0 aliphatic rings. The molecule has 0 fully saturated rings. The van der Waals surface area contributed by atoms with Crippen LogP contribution in [0.2, 0.25) is 0 Å². The zero-order valence-electron chi connectivity index (χ0n) is 8.33. The number of aromatic amines is 1. The van der Waals surface area contributed by atoms with E-state index in [0.717, 1.165) is 5.69 Å². The van der Waals surface area contributed by atoms with Crippen LogP contribution < -0.4 is 0 Å². The van der Waals surface area contributed by atoms with Crippen LogP contribution in [0.1, 0.15) is 5.69 Å². The van der Waals surface area contributed by atoms with Crippen molar-refractivity contribution in [2.75, 3.05) is 0 Å². The van der Waals surface area contributed by atoms with Crippen LogP contribution in [0.15, 0.2) is 47.6 Å². The van der Waals surface area contributed by atoms with Gasteiger partial charge in [-0.05, 0) is 24.3 Å². The van der Waals surface area contributed by atoms with Crippen LogP contribution in [0.4, 0.5) is 11.4 Å². The monoisotopic (exact) mass is 215 g/mol. The van der Waals surface area contributed by atoms with Gasteiger partial charge < -0.3 is 4.98 Å². The smallest absolute Gasteiger partial charge is 0.269 e. The number of benzene rings is 1. The zero-order valence-corrected chi connectivity index (χ0v) is 8.33. The van der Waals surface area contributed by atoms with Crippen molar-refractivity contribution in [3.63, 3.8) is 0 Å². The fraction of sp³-hybridized carbons (Fsp3) is 0. The third kappa shape index (κ3) is 2.33. The van der Waals surface area contributed by atoms with E-state index in [1.54, 1.807) is 24.5 Å². The SMILES string of the molecule is O=[N+]([O-])c1ccc(N=Cc2ccc[nH]2)cc1. The topological polar surface area (TPSA) is 71.3 Å². The van der Waals surface area contributed by atoms with Gasteiger partial charge >= 0.3 is 0 Å². The molecule has 0 spiro atoms. The Bertz CT molecular complexity index is 501. The average molecular weight is 215 g/mol. The Morgan fingerprint density at radius 1 is 1.25 bits per heavy atom. The van der Waals surface area contributed by atoms with Crippen molar-refractivity contribution in [1.29, 1.82) is 0 Å². The molecule has 0 amide bonds. The van der Waals surface area contributed by atoms with E-state index in [1.807, 2.05) is 12.1 Å². The predicted molar refractivity (Wildman–Crippen MR) is 61.1 cm³/mol. The molecule has 0 saturated heterocycles. The Hall–Kier alpha value is -2.43. The first kappa shape index (κ1) is 10.1. The number of non-ortho nitro benzene ring substituents is 1. The second-order valence-electron chi connectivity index (χ2n) is 3.16. The zero-order chi connectivity index (χ0) is 11.4. The number of hydrogen-bond donors (Lipinski definition) is 1. The Balaban J connectivity index is 2.14. The van der Waals surface area contributed by atoms with Gasteiger partial charge in [0.05, 0.1) is 22.5 Å². The average Bonchev–Trinajstić information content (AvgIpc) is 2.80. The van der Waals surface area contributed by atoms with E-state index in [-0.39, 0.29) is 5.69 Å². The summed E-state index contributed by atoms with van der Waals surface area (Å²) in [6.45, 7) is 0. The molecule has 5 heteroatoms. The standard InChI is InChI=1S/C11H9N3O2/c15-14(16)11-5-3-9(4-6-11)13-8-10-2-1-7-12-10/h1-8,12H. The van der Waals surface area contributed by atoms with E-state index in [1.165, 1.54) is 12.1 Å². The number of nitro groups is 1. The maximum absolute atomic E-state index is 10.4. The molecule has 0 unspecified atom stereocenters. The van der Waals surface area contributed by atoms with E-state index in [2.05, 4.69) is 9.98 Å². The van der Waals surface area contributed by atoms with E-state index in [0.29, 0.717) is 5.69 Å². The molecule has 0 bridgehead atoms. The summed E-state index contributed by atoms with van der Waals surface area (Å²) in [7, 11) is 0. The van der Waals surface area contributed by atoms with Gasteiger partial charge in [-0.3, -0.25) is 15.1 Å². The molecule has 80 valence electrons. The summed E-state index contributed by atoms with van der Waals surface area (Å²) in [4.78, 5) is 17.1. The molecule has 0 atom stereocenters. The quantitative estimate of drug-likeness (QED) is 0.485. The number of nitro benzene ring substituents is 1. The molecule has 1 heterocycles. The molecule has 0 aliphatic heterocycles. The van der Waals surface area contributed by atoms with Crippen molar-refractivity contribution in [2.24, 2.45) is 4.99 Å². The third-order valence-electron chi connectivity index (χ3n) is 2.04. The number of aromatic nitrogens is 1. The van der Waals surface area contributed by atoms with Crippen LogP contribution in [0.25, 0.3) is 0 Å². The number of H-pyrrole nitrogens is 1. The Morgan fingerprint density at radius 2 is 2.00 bits per heavy atom. The highest BCUT2D eigenvalue weighted by Gasteiger charge is 2.02. The molecule has 1 aromatic carbocycles. The highest BCUT2D eigenvalue weighted by Crippen LogP contribution is 2.17. The highest BCUT2D eigenvalue weighted by atomic mass is 16.6. The molecule has 2 aromatic rings. The van der Waals surface area contributed by atoms with Gasteiger partial charge in [0.25, 0.3) is 5.69 Å². The summed E-state index contributed by atoms with van der Waals surface area (Å²) >= 11 is 0. The van der Waals surface area contributed by atoms with Crippen LogP contribution in [0, 0.1) is 10.1 Å². The van der Waals surface area contributed by atoms with Crippen LogP contribution in [-0.2, 0) is 0 Å². The fourth-order valence-corrected chi connectivity index (χ4v) is 1.23. The molecule has 1 aromatic heterocycles. The fourth-order valence-electron chi connectivity index (χ4n) is 1.23. The normalized spacial score (nSPS) is 10.8. The van der Waals surface area contributed by atoms with Gasteiger partial charge in [0.1, 0.15) is 0 Å². The van der Waals surface area contributed by atoms with Crippen molar-refractivity contribution in [3.05, 3.63) is 58.4 Å². The van der Waals surface area contributed by atoms with Gasteiger partial charge in [0.2, 0.25) is 0 Å². The number of hydrogen-bond acceptors (Lipinski definition) is 3. The lowest BCUT2D eigenvalue weighted by Crippen LogP contribution is -1.85. The van der Waals surface area contributed by atoms with E-state index in [9.17, 15) is 10.1 Å². The van der Waals surface area contributed by atoms with Crippen molar-refractivity contribution < 1.29 is 4.92 Å². The predicted octanol–water partition coefficient (Wildman–Crippen LogP) is 2.67. The lowest BCUT2D eigenvalue weighted by atomic mass is 10.3. The van der Waals surface area contributed by atoms with Crippen molar-refractivity contribution in [2.45, 2.75) is 0 Å².